The molecule has 7 nitrogen and oxygen atoms in total. The summed E-state index contributed by atoms with van der Waals surface area (Å²) in [5, 5.41) is 4.00. The van der Waals surface area contributed by atoms with Crippen LogP contribution in [0.15, 0.2) is 88.9 Å². The number of sulfonamides is 1. The van der Waals surface area contributed by atoms with Gasteiger partial charge in [0, 0.05) is 22.6 Å². The molecule has 0 aliphatic rings. The van der Waals surface area contributed by atoms with Crippen LogP contribution in [0, 0.1) is 27.7 Å². The predicted octanol–water partition coefficient (Wildman–Crippen LogP) is 6.08. The van der Waals surface area contributed by atoms with E-state index in [9.17, 15) is 26.4 Å². The van der Waals surface area contributed by atoms with Gasteiger partial charge in [-0.2, -0.15) is 18.3 Å². The van der Waals surface area contributed by atoms with Gasteiger partial charge in [0.15, 0.2) is 0 Å². The van der Waals surface area contributed by atoms with Crippen molar-refractivity contribution in [2.45, 2.75) is 38.8 Å². The lowest BCUT2D eigenvalue weighted by molar-refractivity contribution is -0.137. The summed E-state index contributed by atoms with van der Waals surface area (Å²) in [7, 11) is -4.40. The second-order valence-corrected chi connectivity index (χ2v) is 11.5. The minimum Gasteiger partial charge on any atom is -0.318 e. The molecule has 0 fully saturated rings. The molecule has 0 saturated carbocycles. The standard InChI is InChI=1S/C30H29F3N4O3S/c1-20-12-14-27(15-13-20)41(39,40)36(26-10-7-9-25(17-26)30(31,32)33)19-29(38)35-34-18-24-16-22(3)37(23(24)4)28-11-6-5-8-21(28)2/h5-18H,19H2,1-4H3,(H,35,38)/b34-18-. The molecule has 214 valence electrons. The molecule has 0 spiro atoms. The Morgan fingerprint density at radius 1 is 0.951 bits per heavy atom. The van der Waals surface area contributed by atoms with Gasteiger partial charge >= 0.3 is 6.18 Å². The van der Waals surface area contributed by atoms with Gasteiger partial charge in [-0.15, -0.1) is 0 Å². The van der Waals surface area contributed by atoms with E-state index in [1.165, 1.54) is 24.4 Å². The summed E-state index contributed by atoms with van der Waals surface area (Å²) in [5.41, 5.74) is 6.40. The number of anilines is 1. The third kappa shape index (κ3) is 6.51. The highest BCUT2D eigenvalue weighted by Gasteiger charge is 2.33. The summed E-state index contributed by atoms with van der Waals surface area (Å²) >= 11 is 0. The van der Waals surface area contributed by atoms with Crippen LogP contribution in [0.1, 0.15) is 33.6 Å². The fourth-order valence-corrected chi connectivity index (χ4v) is 5.85. The lowest BCUT2D eigenvalue weighted by Crippen LogP contribution is -2.39. The van der Waals surface area contributed by atoms with Crippen molar-refractivity contribution < 1.29 is 26.4 Å². The average molecular weight is 583 g/mol. The fourth-order valence-electron chi connectivity index (χ4n) is 4.43. The van der Waals surface area contributed by atoms with Crippen molar-refractivity contribution >= 4 is 27.8 Å². The Bertz CT molecular complexity index is 1710. The van der Waals surface area contributed by atoms with Gasteiger partial charge in [0.05, 0.1) is 22.4 Å². The molecule has 1 heterocycles. The van der Waals surface area contributed by atoms with Crippen LogP contribution in [0.25, 0.3) is 5.69 Å². The van der Waals surface area contributed by atoms with E-state index in [4.69, 9.17) is 0 Å². The number of hydrazone groups is 1. The normalized spacial score (nSPS) is 12.1. The van der Waals surface area contributed by atoms with Gasteiger partial charge in [-0.3, -0.25) is 9.10 Å². The van der Waals surface area contributed by atoms with Gasteiger partial charge in [-0.1, -0.05) is 42.0 Å². The number of hydrogen-bond donors (Lipinski definition) is 1. The maximum atomic E-state index is 13.5. The summed E-state index contributed by atoms with van der Waals surface area (Å²) in [4.78, 5) is 12.7. The Hall–Kier alpha value is -4.38. The van der Waals surface area contributed by atoms with Gasteiger partial charge in [0.1, 0.15) is 6.54 Å². The Morgan fingerprint density at radius 3 is 2.29 bits per heavy atom. The second-order valence-electron chi connectivity index (χ2n) is 9.61. The highest BCUT2D eigenvalue weighted by atomic mass is 32.2. The molecule has 0 bridgehead atoms. The maximum Gasteiger partial charge on any atom is 0.416 e. The molecule has 0 unspecified atom stereocenters. The number of nitrogens with one attached hydrogen (secondary N) is 1. The summed E-state index contributed by atoms with van der Waals surface area (Å²) in [6.07, 6.45) is -3.26. The molecule has 0 aliphatic heterocycles. The molecule has 4 rings (SSSR count). The molecular formula is C30H29F3N4O3S. The largest absolute Gasteiger partial charge is 0.416 e. The van der Waals surface area contributed by atoms with Crippen LogP contribution in [0.4, 0.5) is 18.9 Å². The van der Waals surface area contributed by atoms with Crippen LogP contribution in [0.2, 0.25) is 0 Å². The van der Waals surface area contributed by atoms with Crippen LogP contribution in [0.5, 0.6) is 0 Å². The fraction of sp³-hybridized carbons (Fsp3) is 0.200. The van der Waals surface area contributed by atoms with E-state index in [2.05, 4.69) is 15.1 Å². The molecule has 11 heteroatoms. The monoisotopic (exact) mass is 582 g/mol. The summed E-state index contributed by atoms with van der Waals surface area (Å²) < 4.78 is 69.9. The van der Waals surface area contributed by atoms with E-state index < -0.39 is 34.2 Å². The molecule has 1 N–H and O–H groups in total. The number of nitrogens with zero attached hydrogens (tertiary/aromatic N) is 3. The molecule has 0 saturated heterocycles. The molecule has 1 amide bonds. The van der Waals surface area contributed by atoms with Crippen LogP contribution in [0.3, 0.4) is 0 Å². The zero-order valence-corrected chi connectivity index (χ0v) is 23.7. The Morgan fingerprint density at radius 2 is 1.63 bits per heavy atom. The Kier molecular flexibility index (Phi) is 8.39. The van der Waals surface area contributed by atoms with Crippen molar-refractivity contribution in [3.8, 4) is 5.69 Å². The van der Waals surface area contributed by atoms with E-state index in [1.807, 2.05) is 51.1 Å². The SMILES string of the molecule is Cc1ccc(S(=O)(=O)N(CC(=O)N/N=C\c2cc(C)n(-c3ccccc3C)c2C)c2cccc(C(F)(F)F)c2)cc1. The van der Waals surface area contributed by atoms with E-state index in [1.54, 1.807) is 19.1 Å². The third-order valence-corrected chi connectivity index (χ3v) is 8.37. The summed E-state index contributed by atoms with van der Waals surface area (Å²) in [6.45, 7) is 6.83. The molecular weight excluding hydrogens is 553 g/mol. The van der Waals surface area contributed by atoms with Crippen LogP contribution >= 0.6 is 0 Å². The van der Waals surface area contributed by atoms with Crippen molar-refractivity contribution in [1.29, 1.82) is 0 Å². The number of carbonyl (C=O) groups is 1. The summed E-state index contributed by atoms with van der Waals surface area (Å²) in [6, 6.07) is 19.4. The van der Waals surface area contributed by atoms with Gasteiger partial charge in [-0.05, 0) is 75.7 Å². The van der Waals surface area contributed by atoms with Crippen LogP contribution < -0.4 is 9.73 Å². The van der Waals surface area contributed by atoms with Crippen molar-refractivity contribution in [1.82, 2.24) is 9.99 Å². The third-order valence-electron chi connectivity index (χ3n) is 6.58. The van der Waals surface area contributed by atoms with Gasteiger partial charge < -0.3 is 4.57 Å². The minimum absolute atomic E-state index is 0.166. The van der Waals surface area contributed by atoms with Crippen molar-refractivity contribution in [2.24, 2.45) is 5.10 Å². The number of alkyl halides is 3. The second kappa shape index (κ2) is 11.6. The summed E-state index contributed by atoms with van der Waals surface area (Å²) in [5.74, 6) is -0.831. The number of amides is 1. The van der Waals surface area contributed by atoms with E-state index in [0.717, 1.165) is 45.9 Å². The average Bonchev–Trinajstić information content (AvgIpc) is 3.19. The number of hydrogen-bond acceptors (Lipinski definition) is 4. The van der Waals surface area contributed by atoms with Crippen molar-refractivity contribution in [2.75, 3.05) is 10.8 Å². The molecule has 0 atom stereocenters. The Balaban J connectivity index is 1.61. The lowest BCUT2D eigenvalue weighted by atomic mass is 10.2. The van der Waals surface area contributed by atoms with E-state index in [-0.39, 0.29) is 10.6 Å². The van der Waals surface area contributed by atoms with Crippen LogP contribution in [-0.4, -0.2) is 31.7 Å². The molecule has 3 aromatic carbocycles. The number of aryl methyl sites for hydroxylation is 3. The Labute approximate surface area is 237 Å². The van der Waals surface area contributed by atoms with Gasteiger partial charge in [0.2, 0.25) is 0 Å². The molecule has 1 aromatic heterocycles. The minimum atomic E-state index is -4.70. The first-order chi connectivity index (χ1) is 19.3. The molecule has 0 aliphatic carbocycles. The zero-order chi connectivity index (χ0) is 29.9. The smallest absolute Gasteiger partial charge is 0.318 e. The first-order valence-corrected chi connectivity index (χ1v) is 14.1. The van der Waals surface area contributed by atoms with E-state index >= 15 is 0 Å². The number of aromatic nitrogens is 1. The van der Waals surface area contributed by atoms with E-state index in [0.29, 0.717) is 10.4 Å². The quantitative estimate of drug-likeness (QED) is 0.202. The first-order valence-electron chi connectivity index (χ1n) is 12.6. The highest BCUT2D eigenvalue weighted by molar-refractivity contribution is 7.92. The maximum absolute atomic E-state index is 13.5. The van der Waals surface area contributed by atoms with Crippen LogP contribution in [-0.2, 0) is 21.0 Å². The van der Waals surface area contributed by atoms with Gasteiger partial charge in [-0.25, -0.2) is 13.8 Å². The molecule has 0 radical (unpaired) electrons. The topological polar surface area (TPSA) is 83.8 Å². The molecule has 41 heavy (non-hydrogen) atoms. The first kappa shape index (κ1) is 29.6. The highest BCUT2D eigenvalue weighted by Crippen LogP contribution is 2.33. The predicted molar refractivity (Wildman–Crippen MR) is 153 cm³/mol. The van der Waals surface area contributed by atoms with Gasteiger partial charge in [0.25, 0.3) is 15.9 Å². The number of para-hydroxylation sites is 1. The number of carbonyl (C=O) groups excluding carboxylic acids is 1. The van der Waals surface area contributed by atoms with Crippen molar-refractivity contribution in [3.63, 3.8) is 0 Å². The number of benzene rings is 3. The lowest BCUT2D eigenvalue weighted by Gasteiger charge is -2.24. The number of rotatable bonds is 8. The van der Waals surface area contributed by atoms with Crippen molar-refractivity contribution in [3.05, 3.63) is 113 Å². The molecule has 4 aromatic rings. The number of halogens is 3. The zero-order valence-electron chi connectivity index (χ0n) is 22.9.